The molecule has 1 aliphatic carbocycles. The molecule has 3 heterocycles. The maximum Gasteiger partial charge on any atom is 0.261 e. The highest BCUT2D eigenvalue weighted by atomic mass is 19.1. The molecule has 35 heavy (non-hydrogen) atoms. The number of amides is 3. The number of benzene rings is 2. The van der Waals surface area contributed by atoms with Gasteiger partial charge in [-0.3, -0.25) is 24.0 Å². The highest BCUT2D eigenvalue weighted by Gasteiger charge is 2.40. The van der Waals surface area contributed by atoms with Crippen LogP contribution >= 0.6 is 0 Å². The molecule has 8 heteroatoms. The van der Waals surface area contributed by atoms with E-state index in [1.54, 1.807) is 28.9 Å². The molecule has 3 aliphatic rings. The highest BCUT2D eigenvalue weighted by molar-refractivity contribution is 6.21. The third kappa shape index (κ3) is 3.56. The summed E-state index contributed by atoms with van der Waals surface area (Å²) in [5, 5.41) is 4.70. The van der Waals surface area contributed by atoms with Crippen molar-refractivity contribution in [2.75, 3.05) is 13.1 Å². The van der Waals surface area contributed by atoms with Crippen LogP contribution in [-0.4, -0.2) is 56.4 Å². The van der Waals surface area contributed by atoms with Gasteiger partial charge in [0.15, 0.2) is 0 Å². The Balaban J connectivity index is 1.34. The van der Waals surface area contributed by atoms with Crippen LogP contribution in [0.1, 0.15) is 49.6 Å². The predicted molar refractivity (Wildman–Crippen MR) is 126 cm³/mol. The molecule has 3 amide bonds. The van der Waals surface area contributed by atoms with Crippen LogP contribution < -0.4 is 0 Å². The Kier molecular flexibility index (Phi) is 5.09. The van der Waals surface area contributed by atoms with Gasteiger partial charge in [0, 0.05) is 24.6 Å². The van der Waals surface area contributed by atoms with Gasteiger partial charge in [-0.15, -0.1) is 0 Å². The van der Waals surface area contributed by atoms with E-state index in [0.29, 0.717) is 47.4 Å². The second-order valence-corrected chi connectivity index (χ2v) is 9.18. The van der Waals surface area contributed by atoms with Crippen molar-refractivity contribution in [3.05, 3.63) is 88.9 Å². The minimum absolute atomic E-state index is 0.0117. The molecule has 1 saturated carbocycles. The monoisotopic (exact) mass is 470 g/mol. The maximum absolute atomic E-state index is 14.1. The molecule has 0 spiro atoms. The van der Waals surface area contributed by atoms with Crippen molar-refractivity contribution in [1.82, 2.24) is 19.6 Å². The standard InChI is InChI=1S/C27H23FN4O3/c28-14-17(15-31-25(33)20-8-4-5-9-21(20)26(31)34)16-32-24(18-6-2-1-3-7-18)23-22(29-32)12-13-30(27(23)35)19-10-11-19/h1-9,14,19H,10-13,15-16H2/b17-14+. The van der Waals surface area contributed by atoms with Crippen LogP contribution in [0.5, 0.6) is 0 Å². The normalized spacial score (nSPS) is 17.7. The lowest BCUT2D eigenvalue weighted by atomic mass is 9.99. The van der Waals surface area contributed by atoms with E-state index in [9.17, 15) is 18.8 Å². The Morgan fingerprint density at radius 2 is 1.57 bits per heavy atom. The summed E-state index contributed by atoms with van der Waals surface area (Å²) in [6, 6.07) is 16.3. The molecule has 0 radical (unpaired) electrons. The van der Waals surface area contributed by atoms with Crippen molar-refractivity contribution in [2.24, 2.45) is 0 Å². The molecule has 0 saturated heterocycles. The van der Waals surface area contributed by atoms with E-state index < -0.39 is 11.8 Å². The molecule has 1 aromatic heterocycles. The second-order valence-electron chi connectivity index (χ2n) is 9.18. The van der Waals surface area contributed by atoms with Crippen LogP contribution in [-0.2, 0) is 13.0 Å². The molecule has 0 N–H and O–H groups in total. The van der Waals surface area contributed by atoms with Crippen LogP contribution in [0.3, 0.4) is 0 Å². The van der Waals surface area contributed by atoms with Gasteiger partial charge >= 0.3 is 0 Å². The number of hydrogen-bond donors (Lipinski definition) is 0. The first-order chi connectivity index (χ1) is 17.1. The van der Waals surface area contributed by atoms with Gasteiger partial charge in [-0.25, -0.2) is 4.39 Å². The Morgan fingerprint density at radius 1 is 0.914 bits per heavy atom. The molecule has 3 aromatic rings. The van der Waals surface area contributed by atoms with E-state index >= 15 is 0 Å². The van der Waals surface area contributed by atoms with Crippen molar-refractivity contribution in [2.45, 2.75) is 31.8 Å². The Labute approximate surface area is 201 Å². The molecule has 0 bridgehead atoms. The Bertz CT molecular complexity index is 1360. The first-order valence-corrected chi connectivity index (χ1v) is 11.8. The van der Waals surface area contributed by atoms with E-state index in [2.05, 4.69) is 0 Å². The third-order valence-corrected chi connectivity index (χ3v) is 6.87. The van der Waals surface area contributed by atoms with Crippen LogP contribution in [0.4, 0.5) is 4.39 Å². The fourth-order valence-electron chi connectivity index (χ4n) is 5.02. The van der Waals surface area contributed by atoms with Crippen molar-refractivity contribution in [1.29, 1.82) is 0 Å². The zero-order valence-corrected chi connectivity index (χ0v) is 19.0. The first kappa shape index (κ1) is 21.5. The third-order valence-electron chi connectivity index (χ3n) is 6.87. The molecule has 2 aromatic carbocycles. The largest absolute Gasteiger partial charge is 0.335 e. The topological polar surface area (TPSA) is 75.5 Å². The van der Waals surface area contributed by atoms with Crippen LogP contribution in [0.2, 0.25) is 0 Å². The minimum Gasteiger partial charge on any atom is -0.335 e. The number of carbonyl (C=O) groups excluding carboxylic acids is 3. The smallest absolute Gasteiger partial charge is 0.261 e. The molecular formula is C27H23FN4O3. The van der Waals surface area contributed by atoms with Gasteiger partial charge in [-0.1, -0.05) is 42.5 Å². The van der Waals surface area contributed by atoms with Crippen molar-refractivity contribution in [3.8, 4) is 11.3 Å². The Morgan fingerprint density at radius 3 is 2.20 bits per heavy atom. The number of imide groups is 1. The SMILES string of the molecule is O=C1c2ccccc2C(=O)N1C/C(=C\F)Cn1nc2c(c1-c1ccccc1)C(=O)N(C1CC1)CC2. The molecule has 2 aliphatic heterocycles. The van der Waals surface area contributed by atoms with Gasteiger partial charge in [0.1, 0.15) is 0 Å². The van der Waals surface area contributed by atoms with E-state index in [-0.39, 0.29) is 30.6 Å². The first-order valence-electron chi connectivity index (χ1n) is 11.8. The van der Waals surface area contributed by atoms with Crippen molar-refractivity contribution < 1.29 is 18.8 Å². The zero-order chi connectivity index (χ0) is 24.1. The van der Waals surface area contributed by atoms with E-state index in [1.807, 2.05) is 35.2 Å². The zero-order valence-electron chi connectivity index (χ0n) is 19.0. The fraction of sp³-hybridized carbons (Fsp3) is 0.259. The lowest BCUT2D eigenvalue weighted by Gasteiger charge is -2.26. The van der Waals surface area contributed by atoms with Gasteiger partial charge in [0.2, 0.25) is 0 Å². The summed E-state index contributed by atoms with van der Waals surface area (Å²) in [5.74, 6) is -0.920. The second kappa shape index (κ2) is 8.30. The van der Waals surface area contributed by atoms with E-state index in [1.165, 1.54) is 0 Å². The van der Waals surface area contributed by atoms with Gasteiger partial charge in [0.25, 0.3) is 17.7 Å². The average molecular weight is 471 g/mol. The summed E-state index contributed by atoms with van der Waals surface area (Å²) in [7, 11) is 0. The number of rotatable bonds is 6. The van der Waals surface area contributed by atoms with Crippen molar-refractivity contribution in [3.63, 3.8) is 0 Å². The lowest BCUT2D eigenvalue weighted by Crippen LogP contribution is -2.39. The summed E-state index contributed by atoms with van der Waals surface area (Å²) in [5.41, 5.74) is 3.56. The molecule has 7 nitrogen and oxygen atoms in total. The number of fused-ring (bicyclic) bond motifs is 2. The summed E-state index contributed by atoms with van der Waals surface area (Å²) in [6.07, 6.45) is 3.10. The minimum atomic E-state index is -0.441. The number of hydrogen-bond acceptors (Lipinski definition) is 4. The van der Waals surface area contributed by atoms with Gasteiger partial charge in [-0.05, 0) is 30.5 Å². The summed E-state index contributed by atoms with van der Waals surface area (Å²) in [6.45, 7) is 0.449. The molecule has 0 atom stereocenters. The van der Waals surface area contributed by atoms with Crippen molar-refractivity contribution >= 4 is 17.7 Å². The van der Waals surface area contributed by atoms with E-state index in [4.69, 9.17) is 5.10 Å². The lowest BCUT2D eigenvalue weighted by molar-refractivity contribution is 0.0664. The summed E-state index contributed by atoms with van der Waals surface area (Å²) < 4.78 is 15.8. The summed E-state index contributed by atoms with van der Waals surface area (Å²) >= 11 is 0. The van der Waals surface area contributed by atoms with Crippen LogP contribution in [0.25, 0.3) is 11.3 Å². The number of nitrogens with zero attached hydrogens (tertiary/aromatic N) is 4. The number of aromatic nitrogens is 2. The van der Waals surface area contributed by atoms with Gasteiger partial charge < -0.3 is 4.90 Å². The number of halogens is 1. The molecule has 6 rings (SSSR count). The van der Waals surface area contributed by atoms with Crippen LogP contribution in [0.15, 0.2) is 66.5 Å². The average Bonchev–Trinajstić information content (AvgIpc) is 3.62. The summed E-state index contributed by atoms with van der Waals surface area (Å²) in [4.78, 5) is 42.0. The molecular weight excluding hydrogens is 447 g/mol. The molecule has 176 valence electrons. The highest BCUT2D eigenvalue weighted by Crippen LogP contribution is 2.36. The predicted octanol–water partition coefficient (Wildman–Crippen LogP) is 3.86. The molecule has 0 unspecified atom stereocenters. The Hall–Kier alpha value is -4.07. The van der Waals surface area contributed by atoms with Gasteiger partial charge in [-0.2, -0.15) is 5.10 Å². The molecule has 1 fully saturated rings. The quantitative estimate of drug-likeness (QED) is 0.513. The maximum atomic E-state index is 14.1. The van der Waals surface area contributed by atoms with Gasteiger partial charge in [0.05, 0.1) is 47.5 Å². The van der Waals surface area contributed by atoms with E-state index in [0.717, 1.165) is 23.3 Å². The number of carbonyl (C=O) groups is 3. The fourth-order valence-corrected chi connectivity index (χ4v) is 5.02. The van der Waals surface area contributed by atoms with Crippen LogP contribution in [0, 0.1) is 0 Å².